The van der Waals surface area contributed by atoms with Crippen LogP contribution in [0.25, 0.3) is 0 Å². The highest BCUT2D eigenvalue weighted by atomic mass is 16.4. The molecule has 0 fully saturated rings. The van der Waals surface area contributed by atoms with Crippen molar-refractivity contribution in [3.05, 3.63) is 60.2 Å². The van der Waals surface area contributed by atoms with Gasteiger partial charge in [0.25, 0.3) is 0 Å². The third-order valence-electron chi connectivity index (χ3n) is 2.92. The number of aromatic carboxylic acids is 1. The molecule has 0 spiro atoms. The van der Waals surface area contributed by atoms with Gasteiger partial charge in [-0.25, -0.2) is 24.1 Å². The molecule has 106 valence electrons. The molecule has 3 aromatic rings. The lowest BCUT2D eigenvalue weighted by molar-refractivity contribution is 0.0696. The molecule has 1 aromatic carbocycles. The summed E-state index contributed by atoms with van der Waals surface area (Å²) in [6.45, 7) is 0.928. The number of rotatable bonds is 5. The van der Waals surface area contributed by atoms with E-state index in [1.54, 1.807) is 34.2 Å². The smallest absolute Gasteiger partial charge is 0.335 e. The van der Waals surface area contributed by atoms with E-state index < -0.39 is 5.97 Å². The van der Waals surface area contributed by atoms with E-state index >= 15 is 0 Å². The van der Waals surface area contributed by atoms with Gasteiger partial charge in [-0.2, -0.15) is 10.2 Å². The van der Waals surface area contributed by atoms with Crippen LogP contribution in [0.15, 0.2) is 43.5 Å². The van der Waals surface area contributed by atoms with E-state index in [4.69, 9.17) is 0 Å². The van der Waals surface area contributed by atoms with Crippen LogP contribution in [-0.2, 0) is 13.1 Å². The van der Waals surface area contributed by atoms with E-state index in [9.17, 15) is 9.90 Å². The second-order valence-corrected chi connectivity index (χ2v) is 4.53. The fraction of sp³-hybridized carbons (Fsp3) is 0.154. The van der Waals surface area contributed by atoms with Crippen molar-refractivity contribution in [3.8, 4) is 0 Å². The van der Waals surface area contributed by atoms with Crippen LogP contribution in [0, 0.1) is 0 Å². The second kappa shape index (κ2) is 5.53. The number of carboxylic acid groups (broad SMARTS) is 1. The van der Waals surface area contributed by atoms with E-state index in [0.717, 1.165) is 11.1 Å². The van der Waals surface area contributed by atoms with Gasteiger partial charge in [0.15, 0.2) is 0 Å². The van der Waals surface area contributed by atoms with Gasteiger partial charge in [-0.1, -0.05) is 6.07 Å². The molecule has 0 aliphatic heterocycles. The lowest BCUT2D eigenvalue weighted by atomic mass is 10.1. The summed E-state index contributed by atoms with van der Waals surface area (Å²) in [5.74, 6) is -0.963. The molecule has 8 heteroatoms. The number of carboxylic acids is 1. The van der Waals surface area contributed by atoms with Gasteiger partial charge in [-0.15, -0.1) is 0 Å². The van der Waals surface area contributed by atoms with Crippen LogP contribution < -0.4 is 0 Å². The summed E-state index contributed by atoms with van der Waals surface area (Å²) in [6, 6.07) is 5.19. The predicted molar refractivity (Wildman–Crippen MR) is 71.6 cm³/mol. The zero-order chi connectivity index (χ0) is 14.7. The van der Waals surface area contributed by atoms with E-state index in [1.165, 1.54) is 12.7 Å². The Labute approximate surface area is 119 Å². The third-order valence-corrected chi connectivity index (χ3v) is 2.92. The number of hydrogen-bond donors (Lipinski definition) is 1. The highest BCUT2D eigenvalue weighted by Crippen LogP contribution is 2.13. The van der Waals surface area contributed by atoms with Crippen LogP contribution >= 0.6 is 0 Å². The van der Waals surface area contributed by atoms with Crippen molar-refractivity contribution in [2.24, 2.45) is 0 Å². The largest absolute Gasteiger partial charge is 0.478 e. The minimum absolute atomic E-state index is 0.239. The van der Waals surface area contributed by atoms with Gasteiger partial charge in [-0.05, 0) is 23.3 Å². The SMILES string of the molecule is O=C(O)c1cc(Cn2cncn2)cc(Cn2cncn2)c1. The first-order valence-electron chi connectivity index (χ1n) is 6.21. The van der Waals surface area contributed by atoms with E-state index in [0.29, 0.717) is 13.1 Å². The van der Waals surface area contributed by atoms with E-state index in [1.807, 2.05) is 6.07 Å². The molecule has 2 aromatic heterocycles. The molecule has 8 nitrogen and oxygen atoms in total. The second-order valence-electron chi connectivity index (χ2n) is 4.53. The minimum Gasteiger partial charge on any atom is -0.478 e. The Morgan fingerprint density at radius 3 is 1.86 bits per heavy atom. The summed E-state index contributed by atoms with van der Waals surface area (Å²) in [4.78, 5) is 19.0. The standard InChI is InChI=1S/C13H12N6O2/c20-13(21)12-2-10(4-18-8-14-6-16-18)1-11(3-12)5-19-9-15-7-17-19/h1-3,6-9H,4-5H2,(H,20,21). The Balaban J connectivity index is 1.91. The summed E-state index contributed by atoms with van der Waals surface area (Å²) in [5, 5.41) is 17.3. The fourth-order valence-electron chi connectivity index (χ4n) is 2.07. The van der Waals surface area contributed by atoms with Gasteiger partial charge in [0.05, 0.1) is 18.7 Å². The maximum absolute atomic E-state index is 11.2. The van der Waals surface area contributed by atoms with Crippen molar-refractivity contribution >= 4 is 5.97 Å². The zero-order valence-electron chi connectivity index (χ0n) is 11.0. The third kappa shape index (κ3) is 3.11. The molecule has 0 bridgehead atoms. The van der Waals surface area contributed by atoms with Crippen molar-refractivity contribution < 1.29 is 9.90 Å². The quantitative estimate of drug-likeness (QED) is 0.739. The zero-order valence-corrected chi connectivity index (χ0v) is 11.0. The number of hydrogen-bond acceptors (Lipinski definition) is 5. The van der Waals surface area contributed by atoms with E-state index in [2.05, 4.69) is 20.2 Å². The Kier molecular flexibility index (Phi) is 3.42. The first-order chi connectivity index (χ1) is 10.2. The molecule has 0 atom stereocenters. The van der Waals surface area contributed by atoms with Crippen molar-refractivity contribution in [1.29, 1.82) is 0 Å². The summed E-state index contributed by atoms with van der Waals surface area (Å²) in [5.41, 5.74) is 1.92. The average molecular weight is 284 g/mol. The normalized spacial score (nSPS) is 10.7. The number of benzene rings is 1. The lowest BCUT2D eigenvalue weighted by Gasteiger charge is -2.08. The Morgan fingerprint density at radius 1 is 0.952 bits per heavy atom. The van der Waals surface area contributed by atoms with Crippen molar-refractivity contribution in [1.82, 2.24) is 29.5 Å². The molecule has 3 rings (SSSR count). The van der Waals surface area contributed by atoms with Gasteiger partial charge >= 0.3 is 5.97 Å². The summed E-state index contributed by atoms with van der Waals surface area (Å²) in [6.07, 6.45) is 6.06. The van der Waals surface area contributed by atoms with Gasteiger partial charge < -0.3 is 5.11 Å². The predicted octanol–water partition coefficient (Wildman–Crippen LogP) is 0.664. The van der Waals surface area contributed by atoms with Crippen molar-refractivity contribution in [2.45, 2.75) is 13.1 Å². The molecule has 2 heterocycles. The molecular formula is C13H12N6O2. The Morgan fingerprint density at radius 2 is 1.48 bits per heavy atom. The molecule has 0 aliphatic carbocycles. The Bertz CT molecular complexity index is 682. The molecule has 0 aliphatic rings. The van der Waals surface area contributed by atoms with Crippen molar-refractivity contribution in [3.63, 3.8) is 0 Å². The molecule has 21 heavy (non-hydrogen) atoms. The monoisotopic (exact) mass is 284 g/mol. The van der Waals surface area contributed by atoms with Gasteiger partial charge in [-0.3, -0.25) is 0 Å². The van der Waals surface area contributed by atoms with Gasteiger partial charge in [0, 0.05) is 0 Å². The lowest BCUT2D eigenvalue weighted by Crippen LogP contribution is -2.07. The highest BCUT2D eigenvalue weighted by Gasteiger charge is 2.08. The maximum atomic E-state index is 11.2. The first kappa shape index (κ1) is 13.0. The van der Waals surface area contributed by atoms with Crippen LogP contribution in [-0.4, -0.2) is 40.6 Å². The molecule has 0 saturated carbocycles. The fourth-order valence-corrected chi connectivity index (χ4v) is 2.07. The molecular weight excluding hydrogens is 272 g/mol. The summed E-state index contributed by atoms with van der Waals surface area (Å²) >= 11 is 0. The van der Waals surface area contributed by atoms with Crippen molar-refractivity contribution in [2.75, 3.05) is 0 Å². The summed E-state index contributed by atoms with van der Waals surface area (Å²) in [7, 11) is 0. The molecule has 0 amide bonds. The number of aromatic nitrogens is 6. The first-order valence-corrected chi connectivity index (χ1v) is 6.21. The molecule has 0 saturated heterocycles. The van der Waals surface area contributed by atoms with Crippen LogP contribution in [0.1, 0.15) is 21.5 Å². The number of carbonyl (C=O) groups is 1. The molecule has 0 radical (unpaired) electrons. The Hall–Kier alpha value is -3.03. The van der Waals surface area contributed by atoms with Crippen LogP contribution in [0.3, 0.4) is 0 Å². The number of nitrogens with zero attached hydrogens (tertiary/aromatic N) is 6. The van der Waals surface area contributed by atoms with Gasteiger partial charge in [0.2, 0.25) is 0 Å². The van der Waals surface area contributed by atoms with Crippen LogP contribution in [0.4, 0.5) is 0 Å². The highest BCUT2D eigenvalue weighted by molar-refractivity contribution is 5.88. The maximum Gasteiger partial charge on any atom is 0.335 e. The average Bonchev–Trinajstić information content (AvgIpc) is 3.12. The summed E-state index contributed by atoms with van der Waals surface area (Å²) < 4.78 is 3.28. The minimum atomic E-state index is -0.963. The topological polar surface area (TPSA) is 98.7 Å². The molecule has 0 unspecified atom stereocenters. The molecule has 1 N–H and O–H groups in total. The van der Waals surface area contributed by atoms with Crippen LogP contribution in [0.2, 0.25) is 0 Å². The van der Waals surface area contributed by atoms with Crippen LogP contribution in [0.5, 0.6) is 0 Å². The van der Waals surface area contributed by atoms with E-state index in [-0.39, 0.29) is 5.56 Å². The van der Waals surface area contributed by atoms with Gasteiger partial charge in [0.1, 0.15) is 25.3 Å².